The van der Waals surface area contributed by atoms with Crippen LogP contribution < -0.4 is 15.5 Å². The molecule has 0 unspecified atom stereocenters. The molecule has 2 aromatic carbocycles. The summed E-state index contributed by atoms with van der Waals surface area (Å²) in [6.45, 7) is 1.44. The van der Waals surface area contributed by atoms with Gasteiger partial charge in [0, 0.05) is 50.3 Å². The number of hydrogen-bond acceptors (Lipinski definition) is 3. The van der Waals surface area contributed by atoms with Crippen LogP contribution in [0.2, 0.25) is 0 Å². The lowest BCUT2D eigenvalue weighted by molar-refractivity contribution is 0.0725. The molecule has 1 heterocycles. The van der Waals surface area contributed by atoms with Crippen molar-refractivity contribution in [3.05, 3.63) is 53.6 Å². The molecule has 2 aromatic rings. The number of likely N-dealkylation sites (tertiary alicyclic amines) is 1. The molecule has 8 heteroatoms. The summed E-state index contributed by atoms with van der Waals surface area (Å²) in [6.07, 6.45) is 3.09. The van der Waals surface area contributed by atoms with E-state index in [4.69, 9.17) is 0 Å². The van der Waals surface area contributed by atoms with Crippen LogP contribution in [0.5, 0.6) is 0 Å². The SMILES string of the molecule is CN(C)c1ccc(NC(=O)Nc2ccc(F)c(F)c2)cc1C(=O)N1CCCCC1. The van der Waals surface area contributed by atoms with Crippen molar-refractivity contribution < 1.29 is 18.4 Å². The summed E-state index contributed by atoms with van der Waals surface area (Å²) in [5.74, 6) is -2.11. The molecular formula is C21H24F2N4O2. The zero-order valence-electron chi connectivity index (χ0n) is 16.5. The molecule has 0 saturated carbocycles. The molecule has 154 valence electrons. The van der Waals surface area contributed by atoms with Gasteiger partial charge in [-0.25, -0.2) is 13.6 Å². The highest BCUT2D eigenvalue weighted by Gasteiger charge is 2.22. The molecule has 0 spiro atoms. The van der Waals surface area contributed by atoms with Gasteiger partial charge in [-0.2, -0.15) is 0 Å². The maximum Gasteiger partial charge on any atom is 0.323 e. The summed E-state index contributed by atoms with van der Waals surface area (Å²) >= 11 is 0. The van der Waals surface area contributed by atoms with Crippen LogP contribution in [-0.2, 0) is 0 Å². The predicted molar refractivity (Wildman–Crippen MR) is 110 cm³/mol. The van der Waals surface area contributed by atoms with E-state index in [9.17, 15) is 18.4 Å². The number of carbonyl (C=O) groups excluding carboxylic acids is 2. The number of carbonyl (C=O) groups is 2. The van der Waals surface area contributed by atoms with E-state index in [-0.39, 0.29) is 11.6 Å². The smallest absolute Gasteiger partial charge is 0.323 e. The number of piperidine rings is 1. The number of benzene rings is 2. The zero-order chi connectivity index (χ0) is 21.0. The van der Waals surface area contributed by atoms with E-state index in [1.165, 1.54) is 6.07 Å². The zero-order valence-corrected chi connectivity index (χ0v) is 16.5. The normalized spacial score (nSPS) is 13.7. The quantitative estimate of drug-likeness (QED) is 0.801. The van der Waals surface area contributed by atoms with Crippen LogP contribution in [0.4, 0.5) is 30.6 Å². The fourth-order valence-corrected chi connectivity index (χ4v) is 3.31. The number of anilines is 3. The van der Waals surface area contributed by atoms with Gasteiger partial charge in [0.05, 0.1) is 5.56 Å². The van der Waals surface area contributed by atoms with Gasteiger partial charge >= 0.3 is 6.03 Å². The van der Waals surface area contributed by atoms with E-state index in [1.807, 2.05) is 23.9 Å². The highest BCUT2D eigenvalue weighted by Crippen LogP contribution is 2.26. The van der Waals surface area contributed by atoms with Crippen LogP contribution in [0.15, 0.2) is 36.4 Å². The fraction of sp³-hybridized carbons (Fsp3) is 0.333. The molecule has 0 aromatic heterocycles. The molecule has 3 amide bonds. The Hall–Kier alpha value is -3.16. The molecule has 1 saturated heterocycles. The van der Waals surface area contributed by atoms with Crippen molar-refractivity contribution in [3.63, 3.8) is 0 Å². The first-order valence-electron chi connectivity index (χ1n) is 9.49. The van der Waals surface area contributed by atoms with Crippen LogP contribution >= 0.6 is 0 Å². The Labute approximate surface area is 168 Å². The molecule has 0 bridgehead atoms. The average Bonchev–Trinajstić information content (AvgIpc) is 2.70. The summed E-state index contributed by atoms with van der Waals surface area (Å²) in [4.78, 5) is 28.9. The lowest BCUT2D eigenvalue weighted by Crippen LogP contribution is -2.36. The Morgan fingerprint density at radius 1 is 0.897 bits per heavy atom. The summed E-state index contributed by atoms with van der Waals surface area (Å²) in [7, 11) is 3.70. The third-order valence-corrected chi connectivity index (χ3v) is 4.79. The van der Waals surface area contributed by atoms with Gasteiger partial charge in [-0.1, -0.05) is 0 Å². The van der Waals surface area contributed by atoms with Crippen molar-refractivity contribution in [3.8, 4) is 0 Å². The molecule has 0 atom stereocenters. The number of nitrogens with zero attached hydrogens (tertiary/aromatic N) is 2. The van der Waals surface area contributed by atoms with Gasteiger partial charge in [0.2, 0.25) is 0 Å². The Bertz CT molecular complexity index is 912. The standard InChI is InChI=1S/C21H24F2N4O2/c1-26(2)19-9-7-14(12-16(19)20(28)27-10-4-3-5-11-27)24-21(29)25-15-6-8-17(22)18(23)13-15/h6-9,12-13H,3-5,10-11H2,1-2H3,(H2,24,25,29). The number of halogens is 2. The van der Waals surface area contributed by atoms with Crippen LogP contribution in [-0.4, -0.2) is 44.0 Å². The first kappa shape index (κ1) is 20.6. The Kier molecular flexibility index (Phi) is 6.31. The molecule has 0 aliphatic carbocycles. The van der Waals surface area contributed by atoms with E-state index < -0.39 is 17.7 Å². The fourth-order valence-electron chi connectivity index (χ4n) is 3.31. The highest BCUT2D eigenvalue weighted by molar-refractivity contribution is 6.04. The third kappa shape index (κ3) is 5.01. The minimum Gasteiger partial charge on any atom is -0.377 e. The van der Waals surface area contributed by atoms with E-state index in [0.717, 1.165) is 50.2 Å². The van der Waals surface area contributed by atoms with Gasteiger partial charge in [-0.3, -0.25) is 4.79 Å². The first-order valence-corrected chi connectivity index (χ1v) is 9.49. The van der Waals surface area contributed by atoms with Crippen molar-refractivity contribution >= 4 is 29.0 Å². The van der Waals surface area contributed by atoms with Gasteiger partial charge in [0.15, 0.2) is 11.6 Å². The average molecular weight is 402 g/mol. The van der Waals surface area contributed by atoms with Gasteiger partial charge in [0.1, 0.15) is 0 Å². The molecule has 0 radical (unpaired) electrons. The van der Waals surface area contributed by atoms with Gasteiger partial charge in [-0.05, 0) is 49.6 Å². The maximum atomic E-state index is 13.3. The second kappa shape index (κ2) is 8.89. The molecular weight excluding hydrogens is 378 g/mol. The van der Waals surface area contributed by atoms with Crippen molar-refractivity contribution in [2.75, 3.05) is 42.7 Å². The number of rotatable bonds is 4. The molecule has 29 heavy (non-hydrogen) atoms. The third-order valence-electron chi connectivity index (χ3n) is 4.79. The number of nitrogens with one attached hydrogen (secondary N) is 2. The predicted octanol–water partition coefficient (Wildman–Crippen LogP) is 4.30. The number of amides is 3. The van der Waals surface area contributed by atoms with E-state index in [2.05, 4.69) is 10.6 Å². The maximum absolute atomic E-state index is 13.3. The second-order valence-corrected chi connectivity index (χ2v) is 7.19. The van der Waals surface area contributed by atoms with Crippen molar-refractivity contribution in [1.29, 1.82) is 0 Å². The van der Waals surface area contributed by atoms with E-state index in [0.29, 0.717) is 11.3 Å². The Balaban J connectivity index is 1.77. The monoisotopic (exact) mass is 402 g/mol. The van der Waals surface area contributed by atoms with Crippen molar-refractivity contribution in [1.82, 2.24) is 4.90 Å². The summed E-state index contributed by atoms with van der Waals surface area (Å²) in [6, 6.07) is 7.57. The number of urea groups is 1. The minimum absolute atomic E-state index is 0.0712. The Morgan fingerprint density at radius 2 is 1.52 bits per heavy atom. The largest absolute Gasteiger partial charge is 0.377 e. The molecule has 2 N–H and O–H groups in total. The van der Waals surface area contributed by atoms with Crippen molar-refractivity contribution in [2.24, 2.45) is 0 Å². The summed E-state index contributed by atoms with van der Waals surface area (Å²) < 4.78 is 26.3. The lowest BCUT2D eigenvalue weighted by Gasteiger charge is -2.28. The molecule has 1 fully saturated rings. The van der Waals surface area contributed by atoms with E-state index in [1.54, 1.807) is 18.2 Å². The van der Waals surface area contributed by atoms with Crippen LogP contribution in [0.1, 0.15) is 29.6 Å². The summed E-state index contributed by atoms with van der Waals surface area (Å²) in [5.41, 5.74) is 1.81. The highest BCUT2D eigenvalue weighted by atomic mass is 19.2. The van der Waals surface area contributed by atoms with Crippen molar-refractivity contribution in [2.45, 2.75) is 19.3 Å². The topological polar surface area (TPSA) is 64.7 Å². The minimum atomic E-state index is -1.05. The molecule has 6 nitrogen and oxygen atoms in total. The van der Waals surface area contributed by atoms with Crippen LogP contribution in [0.3, 0.4) is 0 Å². The number of hydrogen-bond donors (Lipinski definition) is 2. The lowest BCUT2D eigenvalue weighted by atomic mass is 10.1. The molecule has 3 rings (SSSR count). The first-order chi connectivity index (χ1) is 13.8. The molecule has 1 aliphatic heterocycles. The van der Waals surface area contributed by atoms with Gasteiger partial charge < -0.3 is 20.4 Å². The summed E-state index contributed by atoms with van der Waals surface area (Å²) in [5, 5.41) is 5.08. The Morgan fingerprint density at radius 3 is 2.14 bits per heavy atom. The van der Waals surface area contributed by atoms with Crippen LogP contribution in [0, 0.1) is 11.6 Å². The van der Waals surface area contributed by atoms with Crippen LogP contribution in [0.25, 0.3) is 0 Å². The second-order valence-electron chi connectivity index (χ2n) is 7.19. The van der Waals surface area contributed by atoms with E-state index >= 15 is 0 Å². The van der Waals surface area contributed by atoms with Gasteiger partial charge in [-0.15, -0.1) is 0 Å². The molecule has 1 aliphatic rings. The van der Waals surface area contributed by atoms with Gasteiger partial charge in [0.25, 0.3) is 5.91 Å².